The predicted molar refractivity (Wildman–Crippen MR) is 82.3 cm³/mol. The summed E-state index contributed by atoms with van der Waals surface area (Å²) in [4.78, 5) is 35.2. The summed E-state index contributed by atoms with van der Waals surface area (Å²) < 4.78 is 4.83. The minimum Gasteiger partial charge on any atom is -0.466 e. The number of nitrogens with two attached hydrogens (primary N) is 1. The summed E-state index contributed by atoms with van der Waals surface area (Å²) in [6.07, 6.45) is -0.0236. The molecule has 6 nitrogen and oxygen atoms in total. The number of carbonyl (C=O) groups is 3. The Hall–Kier alpha value is -2.08. The Morgan fingerprint density at radius 2 is 1.95 bits per heavy atom. The number of hydrogen-bond acceptors (Lipinski definition) is 4. The average molecular weight is 327 g/mol. The highest BCUT2D eigenvalue weighted by molar-refractivity contribution is 6.33. The van der Waals surface area contributed by atoms with E-state index in [2.05, 4.69) is 5.32 Å². The Kier molecular flexibility index (Phi) is 6.85. The molecule has 120 valence electrons. The van der Waals surface area contributed by atoms with Crippen LogP contribution in [0.4, 0.5) is 0 Å². The minimum atomic E-state index is -0.992. The van der Waals surface area contributed by atoms with Gasteiger partial charge in [-0.2, -0.15) is 0 Å². The van der Waals surface area contributed by atoms with Crippen molar-refractivity contribution in [1.29, 1.82) is 0 Å². The van der Waals surface area contributed by atoms with E-state index < -0.39 is 29.7 Å². The molecule has 22 heavy (non-hydrogen) atoms. The Balaban J connectivity index is 2.80. The van der Waals surface area contributed by atoms with E-state index in [4.69, 9.17) is 22.1 Å². The van der Waals surface area contributed by atoms with Crippen LogP contribution in [0.1, 0.15) is 30.6 Å². The van der Waals surface area contributed by atoms with Crippen LogP contribution in [0.3, 0.4) is 0 Å². The van der Waals surface area contributed by atoms with Crippen molar-refractivity contribution in [2.75, 3.05) is 6.61 Å². The number of halogens is 1. The molecule has 0 bridgehead atoms. The van der Waals surface area contributed by atoms with Crippen LogP contribution in [-0.2, 0) is 14.3 Å². The fraction of sp³-hybridized carbons (Fsp3) is 0.400. The first-order valence-electron chi connectivity index (χ1n) is 6.87. The molecule has 0 aliphatic carbocycles. The highest BCUT2D eigenvalue weighted by Crippen LogP contribution is 2.16. The van der Waals surface area contributed by atoms with Gasteiger partial charge in [0, 0.05) is 0 Å². The zero-order chi connectivity index (χ0) is 16.7. The van der Waals surface area contributed by atoms with Gasteiger partial charge in [-0.05, 0) is 25.0 Å². The van der Waals surface area contributed by atoms with E-state index in [-0.39, 0.29) is 23.6 Å². The average Bonchev–Trinajstić information content (AvgIpc) is 2.44. The molecule has 0 saturated heterocycles. The van der Waals surface area contributed by atoms with E-state index in [1.54, 1.807) is 32.0 Å². The molecule has 1 aromatic carbocycles. The number of amides is 2. The van der Waals surface area contributed by atoms with Crippen molar-refractivity contribution < 1.29 is 19.1 Å². The molecule has 2 amide bonds. The third-order valence-electron chi connectivity index (χ3n) is 3.07. The van der Waals surface area contributed by atoms with Gasteiger partial charge in [-0.1, -0.05) is 30.7 Å². The van der Waals surface area contributed by atoms with Crippen molar-refractivity contribution in [2.45, 2.75) is 26.3 Å². The maximum atomic E-state index is 12.2. The molecule has 0 unspecified atom stereocenters. The Morgan fingerprint density at radius 1 is 1.32 bits per heavy atom. The molecule has 0 saturated carbocycles. The van der Waals surface area contributed by atoms with Crippen LogP contribution in [0.25, 0.3) is 0 Å². The molecule has 7 heteroatoms. The van der Waals surface area contributed by atoms with Gasteiger partial charge in [0.1, 0.15) is 6.04 Å². The molecule has 1 aromatic rings. The van der Waals surface area contributed by atoms with E-state index in [0.29, 0.717) is 0 Å². The lowest BCUT2D eigenvalue weighted by atomic mass is 9.97. The first-order chi connectivity index (χ1) is 10.4. The lowest BCUT2D eigenvalue weighted by molar-refractivity contribution is -0.144. The Bertz CT molecular complexity index is 562. The maximum Gasteiger partial charge on any atom is 0.306 e. The normalized spacial score (nSPS) is 13.0. The van der Waals surface area contributed by atoms with Gasteiger partial charge in [0.2, 0.25) is 5.91 Å². The molecule has 2 atom stereocenters. The summed E-state index contributed by atoms with van der Waals surface area (Å²) >= 11 is 5.94. The molecule has 3 N–H and O–H groups in total. The minimum absolute atomic E-state index is 0.0236. The zero-order valence-electron chi connectivity index (χ0n) is 12.5. The van der Waals surface area contributed by atoms with Gasteiger partial charge in [-0.15, -0.1) is 0 Å². The molecule has 0 aliphatic rings. The lowest BCUT2D eigenvalue weighted by Crippen LogP contribution is -2.49. The van der Waals surface area contributed by atoms with E-state index in [9.17, 15) is 14.4 Å². The fourth-order valence-electron chi connectivity index (χ4n) is 1.96. The number of nitrogens with one attached hydrogen (secondary N) is 1. The zero-order valence-corrected chi connectivity index (χ0v) is 13.2. The van der Waals surface area contributed by atoms with Crippen molar-refractivity contribution in [2.24, 2.45) is 11.7 Å². The maximum absolute atomic E-state index is 12.2. The molecule has 0 spiro atoms. The summed E-state index contributed by atoms with van der Waals surface area (Å²) in [7, 11) is 0. The highest BCUT2D eigenvalue weighted by atomic mass is 35.5. The number of esters is 1. The molecule has 0 heterocycles. The molecular weight excluding hydrogens is 308 g/mol. The summed E-state index contributed by atoms with van der Waals surface area (Å²) in [5.74, 6) is -2.20. The first-order valence-corrected chi connectivity index (χ1v) is 7.25. The summed E-state index contributed by atoms with van der Waals surface area (Å²) in [5.41, 5.74) is 5.55. The van der Waals surface area contributed by atoms with Crippen LogP contribution in [0.2, 0.25) is 5.02 Å². The van der Waals surface area contributed by atoms with Crippen LogP contribution in [-0.4, -0.2) is 30.4 Å². The topological polar surface area (TPSA) is 98.5 Å². The van der Waals surface area contributed by atoms with Gasteiger partial charge in [-0.25, -0.2) is 0 Å². The van der Waals surface area contributed by atoms with Crippen molar-refractivity contribution in [1.82, 2.24) is 5.32 Å². The second-order valence-electron chi connectivity index (χ2n) is 4.82. The molecule has 0 radical (unpaired) electrons. The standard InChI is InChI=1S/C15H19ClN2O4/c1-3-22-12(19)8-9(2)13(14(17)20)18-15(21)10-6-4-5-7-11(10)16/h4-7,9,13H,3,8H2,1-2H3,(H2,17,20)(H,18,21)/t9-,13+/m0/s1. The second-order valence-corrected chi connectivity index (χ2v) is 5.23. The van der Waals surface area contributed by atoms with Gasteiger partial charge in [0.05, 0.1) is 23.6 Å². The predicted octanol–water partition coefficient (Wildman–Crippen LogP) is 1.51. The molecule has 0 aliphatic heterocycles. The summed E-state index contributed by atoms with van der Waals surface area (Å²) in [6, 6.07) is 5.45. The second kappa shape index (κ2) is 8.38. The number of primary amides is 1. The molecular formula is C15H19ClN2O4. The van der Waals surface area contributed by atoms with Crippen molar-refractivity contribution in [3.05, 3.63) is 34.9 Å². The Morgan fingerprint density at radius 3 is 2.50 bits per heavy atom. The van der Waals surface area contributed by atoms with E-state index >= 15 is 0 Å². The molecule has 0 fully saturated rings. The lowest BCUT2D eigenvalue weighted by Gasteiger charge is -2.22. The van der Waals surface area contributed by atoms with Gasteiger partial charge in [0.25, 0.3) is 5.91 Å². The largest absolute Gasteiger partial charge is 0.466 e. The molecule has 0 aromatic heterocycles. The van der Waals surface area contributed by atoms with Gasteiger partial charge in [-0.3, -0.25) is 14.4 Å². The van der Waals surface area contributed by atoms with Gasteiger partial charge in [0.15, 0.2) is 0 Å². The SMILES string of the molecule is CCOC(=O)C[C@H](C)[C@@H](NC(=O)c1ccccc1Cl)C(N)=O. The third kappa shape index (κ3) is 5.04. The number of hydrogen-bond donors (Lipinski definition) is 2. The third-order valence-corrected chi connectivity index (χ3v) is 3.40. The number of benzene rings is 1. The monoisotopic (exact) mass is 326 g/mol. The van der Waals surface area contributed by atoms with Crippen LogP contribution in [0.5, 0.6) is 0 Å². The van der Waals surface area contributed by atoms with Crippen LogP contribution in [0.15, 0.2) is 24.3 Å². The van der Waals surface area contributed by atoms with Crippen LogP contribution < -0.4 is 11.1 Å². The number of rotatable bonds is 7. The van der Waals surface area contributed by atoms with E-state index in [1.165, 1.54) is 6.07 Å². The number of carbonyl (C=O) groups excluding carboxylic acids is 3. The van der Waals surface area contributed by atoms with Gasteiger partial charge < -0.3 is 15.8 Å². The molecule has 1 rings (SSSR count). The van der Waals surface area contributed by atoms with E-state index in [0.717, 1.165) is 0 Å². The number of ether oxygens (including phenoxy) is 1. The smallest absolute Gasteiger partial charge is 0.306 e. The Labute approximate surface area is 134 Å². The summed E-state index contributed by atoms with van der Waals surface area (Å²) in [6.45, 7) is 3.57. The first kappa shape index (κ1) is 18.0. The van der Waals surface area contributed by atoms with Gasteiger partial charge >= 0.3 is 5.97 Å². The fourth-order valence-corrected chi connectivity index (χ4v) is 2.18. The summed E-state index contributed by atoms with van der Waals surface area (Å²) in [5, 5.41) is 2.78. The van der Waals surface area contributed by atoms with Crippen LogP contribution >= 0.6 is 11.6 Å². The van der Waals surface area contributed by atoms with E-state index in [1.807, 2.05) is 0 Å². The van der Waals surface area contributed by atoms with Crippen molar-refractivity contribution in [3.63, 3.8) is 0 Å². The van der Waals surface area contributed by atoms with Crippen molar-refractivity contribution >= 4 is 29.4 Å². The quantitative estimate of drug-likeness (QED) is 0.742. The highest BCUT2D eigenvalue weighted by Gasteiger charge is 2.28. The van der Waals surface area contributed by atoms with Crippen molar-refractivity contribution in [3.8, 4) is 0 Å². The van der Waals surface area contributed by atoms with Crippen LogP contribution in [0, 0.1) is 5.92 Å².